The molecule has 1 aliphatic rings. The SMILES string of the molecule is O=C(C/C(=C\c1ccc(Cl)cc1)C(=O)O)NC1CCCCC1. The van der Waals surface area contributed by atoms with Gasteiger partial charge in [0.1, 0.15) is 0 Å². The third kappa shape index (κ3) is 5.19. The van der Waals surface area contributed by atoms with Crippen LogP contribution < -0.4 is 5.32 Å². The number of benzene rings is 1. The Kier molecular flexibility index (Phi) is 6.01. The third-order valence-corrected chi connectivity index (χ3v) is 4.06. The molecule has 22 heavy (non-hydrogen) atoms. The Morgan fingerprint density at radius 3 is 2.41 bits per heavy atom. The fourth-order valence-corrected chi connectivity index (χ4v) is 2.77. The molecule has 2 rings (SSSR count). The highest BCUT2D eigenvalue weighted by molar-refractivity contribution is 6.30. The Balaban J connectivity index is 2.00. The molecule has 1 saturated carbocycles. The fraction of sp³-hybridized carbons (Fsp3) is 0.412. The molecule has 0 radical (unpaired) electrons. The zero-order valence-corrected chi connectivity index (χ0v) is 13.1. The van der Waals surface area contributed by atoms with E-state index in [1.807, 2.05) is 0 Å². The largest absolute Gasteiger partial charge is 0.478 e. The van der Waals surface area contributed by atoms with Crippen LogP contribution in [0.1, 0.15) is 44.1 Å². The summed E-state index contributed by atoms with van der Waals surface area (Å²) in [5.74, 6) is -1.30. The lowest BCUT2D eigenvalue weighted by Crippen LogP contribution is -2.36. The van der Waals surface area contributed by atoms with Crippen LogP contribution in [-0.2, 0) is 9.59 Å². The van der Waals surface area contributed by atoms with Gasteiger partial charge in [-0.1, -0.05) is 43.0 Å². The van der Waals surface area contributed by atoms with Crippen molar-refractivity contribution in [2.75, 3.05) is 0 Å². The highest BCUT2D eigenvalue weighted by Crippen LogP contribution is 2.18. The smallest absolute Gasteiger partial charge is 0.332 e. The lowest BCUT2D eigenvalue weighted by molar-refractivity contribution is -0.134. The van der Waals surface area contributed by atoms with E-state index >= 15 is 0 Å². The fourth-order valence-electron chi connectivity index (χ4n) is 2.65. The number of amides is 1. The van der Waals surface area contributed by atoms with Crippen LogP contribution in [0.3, 0.4) is 0 Å². The van der Waals surface area contributed by atoms with Gasteiger partial charge in [0.25, 0.3) is 0 Å². The molecule has 0 spiro atoms. The minimum Gasteiger partial charge on any atom is -0.478 e. The molecule has 0 atom stereocenters. The van der Waals surface area contributed by atoms with Crippen molar-refractivity contribution in [3.8, 4) is 0 Å². The normalized spacial score (nSPS) is 16.3. The maximum atomic E-state index is 12.0. The van der Waals surface area contributed by atoms with Crippen molar-refractivity contribution in [3.05, 3.63) is 40.4 Å². The molecule has 1 amide bonds. The first-order valence-electron chi connectivity index (χ1n) is 7.53. The van der Waals surface area contributed by atoms with Crippen molar-refractivity contribution in [3.63, 3.8) is 0 Å². The van der Waals surface area contributed by atoms with Gasteiger partial charge in [-0.15, -0.1) is 0 Å². The van der Waals surface area contributed by atoms with Crippen LogP contribution in [0.2, 0.25) is 5.02 Å². The molecule has 0 heterocycles. The summed E-state index contributed by atoms with van der Waals surface area (Å²) >= 11 is 5.80. The van der Waals surface area contributed by atoms with Gasteiger partial charge in [0.15, 0.2) is 0 Å². The molecule has 1 aromatic rings. The van der Waals surface area contributed by atoms with Gasteiger partial charge in [0.2, 0.25) is 5.91 Å². The standard InChI is InChI=1S/C17H20ClNO3/c18-14-8-6-12(7-9-14)10-13(17(21)22)11-16(20)19-15-4-2-1-3-5-15/h6-10,15H,1-5,11H2,(H,19,20)(H,21,22)/b13-10+. The minimum atomic E-state index is -1.08. The number of carbonyl (C=O) groups is 2. The summed E-state index contributed by atoms with van der Waals surface area (Å²) in [6.45, 7) is 0. The van der Waals surface area contributed by atoms with Crippen molar-refractivity contribution < 1.29 is 14.7 Å². The van der Waals surface area contributed by atoms with Crippen LogP contribution in [0.4, 0.5) is 0 Å². The molecule has 1 fully saturated rings. The minimum absolute atomic E-state index is 0.0793. The number of hydrogen-bond donors (Lipinski definition) is 2. The van der Waals surface area contributed by atoms with Gasteiger partial charge < -0.3 is 10.4 Å². The molecule has 4 nitrogen and oxygen atoms in total. The second kappa shape index (κ2) is 7.99. The van der Waals surface area contributed by atoms with Crippen molar-refractivity contribution in [1.82, 2.24) is 5.32 Å². The predicted octanol–water partition coefficient (Wildman–Crippen LogP) is 3.65. The Hall–Kier alpha value is -1.81. The van der Waals surface area contributed by atoms with E-state index < -0.39 is 5.97 Å². The summed E-state index contributed by atoms with van der Waals surface area (Å²) in [6.07, 6.45) is 6.82. The van der Waals surface area contributed by atoms with Crippen LogP contribution >= 0.6 is 11.6 Å². The quantitative estimate of drug-likeness (QED) is 0.813. The van der Waals surface area contributed by atoms with E-state index in [2.05, 4.69) is 5.32 Å². The molecule has 0 bridgehead atoms. The summed E-state index contributed by atoms with van der Waals surface area (Å²) < 4.78 is 0. The summed E-state index contributed by atoms with van der Waals surface area (Å²) in [7, 11) is 0. The number of carbonyl (C=O) groups excluding carboxylic acids is 1. The number of carboxylic acid groups (broad SMARTS) is 1. The maximum Gasteiger partial charge on any atom is 0.332 e. The monoisotopic (exact) mass is 321 g/mol. The van der Waals surface area contributed by atoms with Gasteiger partial charge in [-0.2, -0.15) is 0 Å². The predicted molar refractivity (Wildman–Crippen MR) is 86.7 cm³/mol. The third-order valence-electron chi connectivity index (χ3n) is 3.81. The molecule has 0 saturated heterocycles. The van der Waals surface area contributed by atoms with E-state index in [4.69, 9.17) is 11.6 Å². The molecule has 1 aromatic carbocycles. The molecule has 5 heteroatoms. The van der Waals surface area contributed by atoms with Crippen LogP contribution in [0.15, 0.2) is 29.8 Å². The van der Waals surface area contributed by atoms with Gasteiger partial charge in [-0.25, -0.2) is 4.79 Å². The lowest BCUT2D eigenvalue weighted by atomic mass is 9.95. The first-order chi connectivity index (χ1) is 10.5. The van der Waals surface area contributed by atoms with Gasteiger partial charge >= 0.3 is 5.97 Å². The Morgan fingerprint density at radius 1 is 1.18 bits per heavy atom. The van der Waals surface area contributed by atoms with Crippen molar-refractivity contribution >= 4 is 29.6 Å². The van der Waals surface area contributed by atoms with Crippen LogP contribution in [0.5, 0.6) is 0 Å². The second-order valence-corrected chi connectivity index (χ2v) is 6.04. The zero-order chi connectivity index (χ0) is 15.9. The molecule has 0 aliphatic heterocycles. The summed E-state index contributed by atoms with van der Waals surface area (Å²) in [5, 5.41) is 12.8. The highest BCUT2D eigenvalue weighted by atomic mass is 35.5. The Morgan fingerprint density at radius 2 is 1.82 bits per heavy atom. The topological polar surface area (TPSA) is 66.4 Å². The van der Waals surface area contributed by atoms with E-state index in [0.29, 0.717) is 10.6 Å². The molecule has 2 N–H and O–H groups in total. The Labute approximate surface area is 135 Å². The maximum absolute atomic E-state index is 12.0. The Bertz CT molecular complexity index is 560. The summed E-state index contributed by atoms with van der Waals surface area (Å²) in [4.78, 5) is 23.4. The number of nitrogens with one attached hydrogen (secondary N) is 1. The van der Waals surface area contributed by atoms with Gasteiger partial charge in [0, 0.05) is 16.6 Å². The van der Waals surface area contributed by atoms with Crippen LogP contribution in [0, 0.1) is 0 Å². The number of hydrogen-bond acceptors (Lipinski definition) is 2. The van der Waals surface area contributed by atoms with Gasteiger partial charge in [-0.3, -0.25) is 4.79 Å². The van der Waals surface area contributed by atoms with Crippen molar-refractivity contribution in [2.24, 2.45) is 0 Å². The van der Waals surface area contributed by atoms with E-state index in [9.17, 15) is 14.7 Å². The zero-order valence-electron chi connectivity index (χ0n) is 12.3. The molecule has 118 valence electrons. The highest BCUT2D eigenvalue weighted by Gasteiger charge is 2.18. The van der Waals surface area contributed by atoms with Gasteiger partial charge in [-0.05, 0) is 36.6 Å². The molecule has 0 unspecified atom stereocenters. The van der Waals surface area contributed by atoms with Crippen molar-refractivity contribution in [2.45, 2.75) is 44.6 Å². The number of aliphatic carboxylic acids is 1. The summed E-state index contributed by atoms with van der Waals surface area (Å²) in [5.41, 5.74) is 0.794. The van der Waals surface area contributed by atoms with E-state index in [-0.39, 0.29) is 23.9 Å². The molecular weight excluding hydrogens is 302 g/mol. The van der Waals surface area contributed by atoms with Crippen LogP contribution in [-0.4, -0.2) is 23.0 Å². The summed E-state index contributed by atoms with van der Waals surface area (Å²) in [6, 6.07) is 7.02. The first kappa shape index (κ1) is 16.6. The molecule has 0 aromatic heterocycles. The van der Waals surface area contributed by atoms with Crippen LogP contribution in [0.25, 0.3) is 6.08 Å². The van der Waals surface area contributed by atoms with E-state index in [1.165, 1.54) is 12.5 Å². The number of carboxylic acids is 1. The number of halogens is 1. The number of rotatable bonds is 5. The molecule has 1 aliphatic carbocycles. The molecular formula is C17H20ClNO3. The first-order valence-corrected chi connectivity index (χ1v) is 7.91. The second-order valence-electron chi connectivity index (χ2n) is 5.61. The van der Waals surface area contributed by atoms with E-state index in [1.54, 1.807) is 24.3 Å². The van der Waals surface area contributed by atoms with Gasteiger partial charge in [0.05, 0.1) is 6.42 Å². The average molecular weight is 322 g/mol. The van der Waals surface area contributed by atoms with Crippen molar-refractivity contribution in [1.29, 1.82) is 0 Å². The average Bonchev–Trinajstić information content (AvgIpc) is 2.49. The van der Waals surface area contributed by atoms with E-state index in [0.717, 1.165) is 25.7 Å². The lowest BCUT2D eigenvalue weighted by Gasteiger charge is -2.22.